The summed E-state index contributed by atoms with van der Waals surface area (Å²) in [4.78, 5) is 9.16. The van der Waals surface area contributed by atoms with Crippen LogP contribution in [0.2, 0.25) is 0 Å². The number of hydrogen-bond acceptors (Lipinski definition) is 4. The van der Waals surface area contributed by atoms with Crippen LogP contribution in [0.5, 0.6) is 0 Å². The van der Waals surface area contributed by atoms with E-state index in [1.807, 2.05) is 0 Å². The number of aromatic nitrogens is 2. The molecule has 1 aromatic rings. The summed E-state index contributed by atoms with van der Waals surface area (Å²) in [6.07, 6.45) is 1.09. The first-order valence-electron chi connectivity index (χ1n) is 6.46. The third-order valence-electron chi connectivity index (χ3n) is 2.57. The van der Waals surface area contributed by atoms with Crippen molar-refractivity contribution in [3.8, 4) is 0 Å². The molecule has 4 nitrogen and oxygen atoms in total. The first-order chi connectivity index (χ1) is 8.10. The molecule has 1 rings (SSSR count). The van der Waals surface area contributed by atoms with Gasteiger partial charge in [0.05, 0.1) is 0 Å². The number of nitrogens with zero attached hydrogens (tertiary/aromatic N) is 2. The highest BCUT2D eigenvalue weighted by atomic mass is 15.1. The zero-order chi connectivity index (χ0) is 12.8. The van der Waals surface area contributed by atoms with Crippen molar-refractivity contribution in [3.63, 3.8) is 0 Å². The Balaban J connectivity index is 3.08. The van der Waals surface area contributed by atoms with Gasteiger partial charge in [-0.25, -0.2) is 9.97 Å². The Morgan fingerprint density at radius 2 is 1.65 bits per heavy atom. The Labute approximate surface area is 104 Å². The molecule has 0 aromatic carbocycles. The average Bonchev–Trinajstić information content (AvgIpc) is 2.30. The molecule has 0 atom stereocenters. The minimum absolute atomic E-state index is 0.343. The largest absolute Gasteiger partial charge is 0.370 e. The van der Waals surface area contributed by atoms with Crippen LogP contribution < -0.4 is 10.6 Å². The lowest BCUT2D eigenvalue weighted by molar-refractivity contribution is 0.771. The summed E-state index contributed by atoms with van der Waals surface area (Å²) in [6.45, 7) is 12.3. The zero-order valence-electron chi connectivity index (χ0n) is 11.6. The van der Waals surface area contributed by atoms with Crippen LogP contribution in [-0.2, 0) is 0 Å². The molecule has 0 saturated heterocycles. The molecular weight excluding hydrogens is 212 g/mol. The normalized spacial score (nSPS) is 10.7. The summed E-state index contributed by atoms with van der Waals surface area (Å²) < 4.78 is 0. The Morgan fingerprint density at radius 3 is 2.12 bits per heavy atom. The maximum Gasteiger partial charge on any atom is 0.135 e. The lowest BCUT2D eigenvalue weighted by Gasteiger charge is -2.15. The van der Waals surface area contributed by atoms with E-state index in [9.17, 15) is 0 Å². The second-order valence-electron chi connectivity index (χ2n) is 4.52. The number of hydrogen-bond donors (Lipinski definition) is 2. The third kappa shape index (κ3) is 3.58. The van der Waals surface area contributed by atoms with Gasteiger partial charge in [-0.1, -0.05) is 20.8 Å². The molecule has 1 heterocycles. The molecule has 96 valence electrons. The van der Waals surface area contributed by atoms with Crippen LogP contribution in [0.15, 0.2) is 0 Å². The summed E-state index contributed by atoms with van der Waals surface area (Å²) in [5, 5.41) is 6.66. The van der Waals surface area contributed by atoms with Crippen LogP contribution in [0.1, 0.15) is 51.4 Å². The van der Waals surface area contributed by atoms with Gasteiger partial charge in [-0.3, -0.25) is 0 Å². The lowest BCUT2D eigenvalue weighted by Crippen LogP contribution is -2.12. The number of rotatable bonds is 6. The fourth-order valence-corrected chi connectivity index (χ4v) is 1.55. The zero-order valence-corrected chi connectivity index (χ0v) is 11.6. The minimum Gasteiger partial charge on any atom is -0.370 e. The topological polar surface area (TPSA) is 49.8 Å². The van der Waals surface area contributed by atoms with E-state index in [-0.39, 0.29) is 0 Å². The molecule has 0 saturated carbocycles. The van der Waals surface area contributed by atoms with Gasteiger partial charge in [0.15, 0.2) is 0 Å². The van der Waals surface area contributed by atoms with E-state index in [0.717, 1.165) is 42.5 Å². The van der Waals surface area contributed by atoms with Crippen LogP contribution in [0.25, 0.3) is 0 Å². The molecule has 0 aliphatic heterocycles. The smallest absolute Gasteiger partial charge is 0.135 e. The van der Waals surface area contributed by atoms with Crippen LogP contribution >= 0.6 is 0 Å². The van der Waals surface area contributed by atoms with Gasteiger partial charge in [0, 0.05) is 24.6 Å². The van der Waals surface area contributed by atoms with Gasteiger partial charge in [0.1, 0.15) is 17.5 Å². The molecule has 0 radical (unpaired) electrons. The van der Waals surface area contributed by atoms with Crippen LogP contribution in [-0.4, -0.2) is 23.1 Å². The Kier molecular flexibility index (Phi) is 5.19. The molecule has 0 spiro atoms. The summed E-state index contributed by atoms with van der Waals surface area (Å²) in [6, 6.07) is 0. The molecule has 0 fully saturated rings. The van der Waals surface area contributed by atoms with Gasteiger partial charge < -0.3 is 10.6 Å². The second-order valence-corrected chi connectivity index (χ2v) is 4.52. The third-order valence-corrected chi connectivity index (χ3v) is 2.57. The molecule has 0 unspecified atom stereocenters. The van der Waals surface area contributed by atoms with E-state index in [0.29, 0.717) is 5.92 Å². The van der Waals surface area contributed by atoms with Crippen molar-refractivity contribution in [2.24, 2.45) is 0 Å². The van der Waals surface area contributed by atoms with Gasteiger partial charge in [0.2, 0.25) is 0 Å². The van der Waals surface area contributed by atoms with Gasteiger partial charge >= 0.3 is 0 Å². The summed E-state index contributed by atoms with van der Waals surface area (Å²) in [5.41, 5.74) is 1.10. The van der Waals surface area contributed by atoms with E-state index in [1.54, 1.807) is 0 Å². The van der Waals surface area contributed by atoms with Crippen molar-refractivity contribution in [1.29, 1.82) is 0 Å². The highest BCUT2D eigenvalue weighted by molar-refractivity contribution is 5.57. The quantitative estimate of drug-likeness (QED) is 0.796. The SMILES string of the molecule is CCCNc1nc(C(C)C)nc(NCC)c1C. The summed E-state index contributed by atoms with van der Waals surface area (Å²) in [7, 11) is 0. The van der Waals surface area contributed by atoms with Crippen molar-refractivity contribution in [3.05, 3.63) is 11.4 Å². The molecule has 0 aliphatic carbocycles. The fourth-order valence-electron chi connectivity index (χ4n) is 1.55. The maximum absolute atomic E-state index is 4.59. The van der Waals surface area contributed by atoms with E-state index in [2.05, 4.69) is 55.2 Å². The number of anilines is 2. The van der Waals surface area contributed by atoms with Crippen molar-refractivity contribution in [2.45, 2.75) is 47.0 Å². The predicted molar refractivity (Wildman–Crippen MR) is 73.8 cm³/mol. The highest BCUT2D eigenvalue weighted by Gasteiger charge is 2.12. The van der Waals surface area contributed by atoms with Crippen molar-refractivity contribution >= 4 is 11.6 Å². The van der Waals surface area contributed by atoms with Gasteiger partial charge in [-0.2, -0.15) is 0 Å². The Hall–Kier alpha value is -1.32. The number of nitrogens with one attached hydrogen (secondary N) is 2. The second kappa shape index (κ2) is 6.42. The Bertz CT molecular complexity index is 361. The molecular formula is C13H24N4. The molecule has 1 aromatic heterocycles. The molecule has 0 amide bonds. The lowest BCUT2D eigenvalue weighted by atomic mass is 10.2. The van der Waals surface area contributed by atoms with Crippen LogP contribution in [0, 0.1) is 6.92 Å². The van der Waals surface area contributed by atoms with Gasteiger partial charge in [-0.15, -0.1) is 0 Å². The monoisotopic (exact) mass is 236 g/mol. The van der Waals surface area contributed by atoms with Crippen molar-refractivity contribution < 1.29 is 0 Å². The molecule has 0 bridgehead atoms. The van der Waals surface area contributed by atoms with E-state index in [4.69, 9.17) is 0 Å². The first-order valence-corrected chi connectivity index (χ1v) is 6.46. The van der Waals surface area contributed by atoms with Crippen molar-refractivity contribution in [1.82, 2.24) is 9.97 Å². The predicted octanol–water partition coefficient (Wildman–Crippen LogP) is 3.16. The Morgan fingerprint density at radius 1 is 1.06 bits per heavy atom. The molecule has 2 N–H and O–H groups in total. The van der Waals surface area contributed by atoms with E-state index >= 15 is 0 Å². The summed E-state index contributed by atoms with van der Waals surface area (Å²) in [5.74, 6) is 3.15. The fraction of sp³-hybridized carbons (Fsp3) is 0.692. The van der Waals surface area contributed by atoms with Gasteiger partial charge in [-0.05, 0) is 20.3 Å². The maximum atomic E-state index is 4.59. The van der Waals surface area contributed by atoms with Crippen molar-refractivity contribution in [2.75, 3.05) is 23.7 Å². The van der Waals surface area contributed by atoms with Gasteiger partial charge in [0.25, 0.3) is 0 Å². The standard InChI is InChI=1S/C13H24N4/c1-6-8-15-13-10(5)12(14-7-2)16-11(17-13)9(3)4/h9H,6-8H2,1-5H3,(H2,14,15,16,17). The minimum atomic E-state index is 0.343. The van der Waals surface area contributed by atoms with Crippen LogP contribution in [0.4, 0.5) is 11.6 Å². The first kappa shape index (κ1) is 13.7. The van der Waals surface area contributed by atoms with E-state index < -0.39 is 0 Å². The molecule has 0 aliphatic rings. The molecule has 4 heteroatoms. The highest BCUT2D eigenvalue weighted by Crippen LogP contribution is 2.22. The van der Waals surface area contributed by atoms with E-state index in [1.165, 1.54) is 0 Å². The van der Waals surface area contributed by atoms with Crippen LogP contribution in [0.3, 0.4) is 0 Å². The average molecular weight is 236 g/mol. The summed E-state index contributed by atoms with van der Waals surface area (Å²) >= 11 is 0. The molecule has 17 heavy (non-hydrogen) atoms.